The molecule has 0 spiro atoms. The number of carbonyl (C=O) groups excluding carboxylic acids is 1. The van der Waals surface area contributed by atoms with Crippen molar-refractivity contribution in [2.45, 2.75) is 25.8 Å². The van der Waals surface area contributed by atoms with Crippen LogP contribution in [-0.2, 0) is 0 Å². The van der Waals surface area contributed by atoms with E-state index in [1.54, 1.807) is 0 Å². The Hall–Kier alpha value is -0.870. The lowest BCUT2D eigenvalue weighted by atomic mass is 10.0. The van der Waals surface area contributed by atoms with Gasteiger partial charge in [-0.3, -0.25) is 4.79 Å². The number of likely N-dealkylation sites (tertiary alicyclic amines) is 1. The maximum absolute atomic E-state index is 12.6. The molecule has 1 heterocycles. The summed E-state index contributed by atoms with van der Waals surface area (Å²) < 4.78 is 0.883. The summed E-state index contributed by atoms with van der Waals surface area (Å²) >= 11 is 3.49. The Labute approximate surface area is 123 Å². The van der Waals surface area contributed by atoms with Crippen molar-refractivity contribution in [2.24, 2.45) is 0 Å². The summed E-state index contributed by atoms with van der Waals surface area (Å²) in [6.07, 6.45) is 2.25. The first-order valence-corrected chi connectivity index (χ1v) is 7.50. The highest BCUT2D eigenvalue weighted by molar-refractivity contribution is 9.10. The van der Waals surface area contributed by atoms with E-state index in [2.05, 4.69) is 27.9 Å². The van der Waals surface area contributed by atoms with E-state index in [-0.39, 0.29) is 5.91 Å². The van der Waals surface area contributed by atoms with Crippen molar-refractivity contribution in [3.8, 4) is 0 Å². The highest BCUT2D eigenvalue weighted by Crippen LogP contribution is 2.22. The Kier molecular flexibility index (Phi) is 4.63. The summed E-state index contributed by atoms with van der Waals surface area (Å²) in [5.74, 6) is 0.104. The lowest BCUT2D eigenvalue weighted by Crippen LogP contribution is -2.47. The number of hydrogen-bond acceptors (Lipinski definition) is 2. The number of rotatable bonds is 2. The summed E-state index contributed by atoms with van der Waals surface area (Å²) in [4.78, 5) is 16.7. The molecule has 1 aromatic rings. The molecule has 0 aliphatic carbocycles. The summed E-state index contributed by atoms with van der Waals surface area (Å²) in [5, 5.41) is 0. The molecule has 4 heteroatoms. The summed E-state index contributed by atoms with van der Waals surface area (Å²) in [6, 6.07) is 6.21. The molecule has 0 bridgehead atoms. The SMILES string of the molecule is Cc1ccc(C(=O)N(C)C2CCCN(C)C2)c(Br)c1. The summed E-state index contributed by atoms with van der Waals surface area (Å²) in [6.45, 7) is 4.12. The molecular weight excluding hydrogens is 304 g/mol. The van der Waals surface area contributed by atoms with Crippen molar-refractivity contribution in [2.75, 3.05) is 27.2 Å². The zero-order valence-corrected chi connectivity index (χ0v) is 13.4. The molecule has 1 amide bonds. The number of amides is 1. The number of carbonyl (C=O) groups is 1. The Morgan fingerprint density at radius 3 is 2.84 bits per heavy atom. The minimum Gasteiger partial charge on any atom is -0.337 e. The van der Waals surface area contributed by atoms with Crippen molar-refractivity contribution in [1.82, 2.24) is 9.80 Å². The topological polar surface area (TPSA) is 23.6 Å². The van der Waals surface area contributed by atoms with E-state index in [4.69, 9.17) is 0 Å². The molecule has 3 nitrogen and oxygen atoms in total. The van der Waals surface area contributed by atoms with Gasteiger partial charge in [0.15, 0.2) is 0 Å². The quantitative estimate of drug-likeness (QED) is 0.835. The Morgan fingerprint density at radius 1 is 1.47 bits per heavy atom. The normalized spacial score (nSPS) is 20.3. The monoisotopic (exact) mass is 324 g/mol. The third-order valence-electron chi connectivity index (χ3n) is 3.82. The van der Waals surface area contributed by atoms with Gasteiger partial charge in [0.25, 0.3) is 5.91 Å². The zero-order chi connectivity index (χ0) is 14.0. The lowest BCUT2D eigenvalue weighted by Gasteiger charge is -2.36. The fourth-order valence-corrected chi connectivity index (χ4v) is 3.27. The second-order valence-electron chi connectivity index (χ2n) is 5.46. The molecule has 1 aliphatic heterocycles. The van der Waals surface area contributed by atoms with Crippen LogP contribution in [0.1, 0.15) is 28.8 Å². The minimum absolute atomic E-state index is 0.104. The molecule has 104 valence electrons. The average molecular weight is 325 g/mol. The van der Waals surface area contributed by atoms with E-state index < -0.39 is 0 Å². The molecule has 1 aliphatic rings. The maximum atomic E-state index is 12.6. The predicted octanol–water partition coefficient (Wildman–Crippen LogP) is 2.92. The molecule has 1 fully saturated rings. The van der Waals surface area contributed by atoms with Gasteiger partial charge in [-0.1, -0.05) is 6.07 Å². The van der Waals surface area contributed by atoms with Crippen LogP contribution in [0.3, 0.4) is 0 Å². The number of piperidine rings is 1. The first-order valence-electron chi connectivity index (χ1n) is 6.71. The van der Waals surface area contributed by atoms with Crippen LogP contribution in [0.4, 0.5) is 0 Å². The summed E-state index contributed by atoms with van der Waals surface area (Å²) in [7, 11) is 4.03. The van der Waals surface area contributed by atoms with Gasteiger partial charge in [-0.05, 0) is 67.0 Å². The van der Waals surface area contributed by atoms with Gasteiger partial charge >= 0.3 is 0 Å². The Morgan fingerprint density at radius 2 is 2.21 bits per heavy atom. The van der Waals surface area contributed by atoms with Gasteiger partial charge in [-0.25, -0.2) is 0 Å². The number of halogens is 1. The second-order valence-corrected chi connectivity index (χ2v) is 6.31. The van der Waals surface area contributed by atoms with Crippen molar-refractivity contribution < 1.29 is 4.79 Å². The first kappa shape index (κ1) is 14.5. The summed E-state index contributed by atoms with van der Waals surface area (Å²) in [5.41, 5.74) is 1.91. The number of benzene rings is 1. The van der Waals surface area contributed by atoms with Crippen LogP contribution in [0.5, 0.6) is 0 Å². The van der Waals surface area contributed by atoms with Crippen LogP contribution in [-0.4, -0.2) is 48.9 Å². The highest BCUT2D eigenvalue weighted by atomic mass is 79.9. The van der Waals surface area contributed by atoms with Crippen LogP contribution in [0.15, 0.2) is 22.7 Å². The standard InChI is InChI=1S/C15H21BrN2O/c1-11-6-7-13(14(16)9-11)15(19)18(3)12-5-4-8-17(2)10-12/h6-7,9,12H,4-5,8,10H2,1-3H3. The number of aryl methyl sites for hydroxylation is 1. The van der Waals surface area contributed by atoms with Gasteiger partial charge in [0, 0.05) is 24.1 Å². The fraction of sp³-hybridized carbons (Fsp3) is 0.533. The average Bonchev–Trinajstić information content (AvgIpc) is 2.37. The number of hydrogen-bond donors (Lipinski definition) is 0. The second kappa shape index (κ2) is 6.06. The van der Waals surface area contributed by atoms with E-state index >= 15 is 0 Å². The van der Waals surface area contributed by atoms with E-state index in [1.165, 1.54) is 0 Å². The Bertz CT molecular complexity index is 475. The fourth-order valence-electron chi connectivity index (χ4n) is 2.60. The van der Waals surface area contributed by atoms with Crippen LogP contribution in [0.25, 0.3) is 0 Å². The van der Waals surface area contributed by atoms with E-state index in [0.717, 1.165) is 41.5 Å². The molecule has 0 N–H and O–H groups in total. The molecule has 0 aromatic heterocycles. The van der Waals surface area contributed by atoms with Crippen LogP contribution < -0.4 is 0 Å². The van der Waals surface area contributed by atoms with Crippen molar-refractivity contribution in [3.05, 3.63) is 33.8 Å². The number of nitrogens with zero attached hydrogens (tertiary/aromatic N) is 2. The molecule has 2 rings (SSSR count). The largest absolute Gasteiger partial charge is 0.337 e. The zero-order valence-electron chi connectivity index (χ0n) is 11.8. The minimum atomic E-state index is 0.104. The molecule has 1 atom stereocenters. The highest BCUT2D eigenvalue weighted by Gasteiger charge is 2.25. The third-order valence-corrected chi connectivity index (χ3v) is 4.48. The van der Waals surface area contributed by atoms with Gasteiger partial charge < -0.3 is 9.80 Å². The molecule has 1 saturated heterocycles. The maximum Gasteiger partial charge on any atom is 0.255 e. The first-order chi connectivity index (χ1) is 8.99. The lowest BCUT2D eigenvalue weighted by molar-refractivity contribution is 0.0643. The molecule has 0 radical (unpaired) electrons. The van der Waals surface area contributed by atoms with Crippen LogP contribution >= 0.6 is 15.9 Å². The molecular formula is C15H21BrN2O. The van der Waals surface area contributed by atoms with E-state index in [0.29, 0.717) is 6.04 Å². The molecule has 1 unspecified atom stereocenters. The van der Waals surface area contributed by atoms with Crippen molar-refractivity contribution in [3.63, 3.8) is 0 Å². The predicted molar refractivity (Wildman–Crippen MR) is 81.5 cm³/mol. The van der Waals surface area contributed by atoms with Gasteiger partial charge in [0.1, 0.15) is 0 Å². The molecule has 1 aromatic carbocycles. The van der Waals surface area contributed by atoms with Gasteiger partial charge in [0.2, 0.25) is 0 Å². The van der Waals surface area contributed by atoms with Crippen molar-refractivity contribution in [1.29, 1.82) is 0 Å². The molecule has 19 heavy (non-hydrogen) atoms. The van der Waals surface area contributed by atoms with E-state index in [1.807, 2.05) is 37.1 Å². The third kappa shape index (κ3) is 3.37. The molecule has 0 saturated carbocycles. The van der Waals surface area contributed by atoms with Gasteiger partial charge in [-0.15, -0.1) is 0 Å². The van der Waals surface area contributed by atoms with Crippen LogP contribution in [0.2, 0.25) is 0 Å². The van der Waals surface area contributed by atoms with E-state index in [9.17, 15) is 4.79 Å². The Balaban J connectivity index is 2.14. The van der Waals surface area contributed by atoms with Gasteiger partial charge in [-0.2, -0.15) is 0 Å². The van der Waals surface area contributed by atoms with Crippen LogP contribution in [0, 0.1) is 6.92 Å². The number of likely N-dealkylation sites (N-methyl/N-ethyl adjacent to an activating group) is 2. The smallest absolute Gasteiger partial charge is 0.255 e. The van der Waals surface area contributed by atoms with Crippen molar-refractivity contribution >= 4 is 21.8 Å². The van der Waals surface area contributed by atoms with Gasteiger partial charge in [0.05, 0.1) is 5.56 Å².